The van der Waals surface area contributed by atoms with Crippen LogP contribution < -0.4 is 10.4 Å². The topological polar surface area (TPSA) is 46.9 Å². The highest BCUT2D eigenvalue weighted by Crippen LogP contribution is 2.14. The van der Waals surface area contributed by atoms with Gasteiger partial charge in [0.25, 0.3) is 0 Å². The van der Waals surface area contributed by atoms with Crippen molar-refractivity contribution in [3.05, 3.63) is 24.3 Å². The van der Waals surface area contributed by atoms with Gasteiger partial charge in [-0.3, -0.25) is 0 Å². The van der Waals surface area contributed by atoms with Gasteiger partial charge in [0.05, 0.1) is 0 Å². The average Bonchev–Trinajstić information content (AvgIpc) is 2.39. The lowest BCUT2D eigenvalue weighted by atomic mass is 9.80. The van der Waals surface area contributed by atoms with E-state index in [1.54, 1.807) is 12.1 Å². The Morgan fingerprint density at radius 3 is 2.12 bits per heavy atom. The van der Waals surface area contributed by atoms with Gasteiger partial charge in [0.2, 0.25) is 0 Å². The van der Waals surface area contributed by atoms with E-state index in [1.807, 2.05) is 12.1 Å². The summed E-state index contributed by atoms with van der Waals surface area (Å²) in [5.74, 6) is 0. The van der Waals surface area contributed by atoms with Gasteiger partial charge in [-0.05, 0) is 24.1 Å². The number of anilines is 1. The van der Waals surface area contributed by atoms with Gasteiger partial charge in [-0.1, -0.05) is 19.1 Å². The molecule has 0 saturated carbocycles. The fourth-order valence-corrected chi connectivity index (χ4v) is 2.18. The van der Waals surface area contributed by atoms with Crippen LogP contribution in [-0.2, 0) is 0 Å². The van der Waals surface area contributed by atoms with Gasteiger partial charge in [-0.15, -0.1) is 0 Å². The standard InChI is InChI=1S/C12H19BN2O2/c1-2-14-7-9-15(10-8-14)12-5-3-11(4-6-12)13(16)17/h3-6,16-17H,2,7-10H2,1H3. The number of hydrogen-bond donors (Lipinski definition) is 2. The van der Waals surface area contributed by atoms with Crippen LogP contribution in [0.5, 0.6) is 0 Å². The van der Waals surface area contributed by atoms with Gasteiger partial charge >= 0.3 is 7.12 Å². The van der Waals surface area contributed by atoms with Crippen molar-refractivity contribution in [2.45, 2.75) is 6.92 Å². The van der Waals surface area contributed by atoms with Crippen LogP contribution in [0.4, 0.5) is 5.69 Å². The minimum atomic E-state index is -1.37. The third kappa shape index (κ3) is 3.00. The molecule has 0 amide bonds. The van der Waals surface area contributed by atoms with E-state index < -0.39 is 7.12 Å². The van der Waals surface area contributed by atoms with Crippen LogP contribution >= 0.6 is 0 Å². The molecule has 5 heteroatoms. The molecule has 0 radical (unpaired) electrons. The molecule has 17 heavy (non-hydrogen) atoms. The maximum absolute atomic E-state index is 9.03. The molecule has 1 saturated heterocycles. The van der Waals surface area contributed by atoms with E-state index in [-0.39, 0.29) is 0 Å². The van der Waals surface area contributed by atoms with E-state index in [4.69, 9.17) is 10.0 Å². The molecule has 0 aliphatic carbocycles. The monoisotopic (exact) mass is 234 g/mol. The molecule has 1 aliphatic rings. The maximum Gasteiger partial charge on any atom is 0.488 e. The van der Waals surface area contributed by atoms with E-state index in [0.717, 1.165) is 38.4 Å². The molecule has 1 aliphatic heterocycles. The van der Waals surface area contributed by atoms with Gasteiger partial charge in [0.1, 0.15) is 0 Å². The largest absolute Gasteiger partial charge is 0.488 e. The van der Waals surface area contributed by atoms with Gasteiger partial charge in [0, 0.05) is 31.9 Å². The van der Waals surface area contributed by atoms with Crippen molar-refractivity contribution < 1.29 is 10.0 Å². The molecule has 0 atom stereocenters. The quantitative estimate of drug-likeness (QED) is 0.693. The van der Waals surface area contributed by atoms with Crippen molar-refractivity contribution >= 4 is 18.3 Å². The second-order valence-corrected chi connectivity index (χ2v) is 4.39. The number of rotatable bonds is 3. The molecule has 1 fully saturated rings. The summed E-state index contributed by atoms with van der Waals surface area (Å²) in [7, 11) is -1.37. The van der Waals surface area contributed by atoms with Crippen LogP contribution in [0.15, 0.2) is 24.3 Å². The van der Waals surface area contributed by atoms with E-state index in [9.17, 15) is 0 Å². The Hall–Kier alpha value is -1.04. The molecule has 4 nitrogen and oxygen atoms in total. The SMILES string of the molecule is CCN1CCN(c2ccc(B(O)O)cc2)CC1. The summed E-state index contributed by atoms with van der Waals surface area (Å²) in [6.07, 6.45) is 0. The molecular weight excluding hydrogens is 215 g/mol. The Balaban J connectivity index is 1.99. The zero-order chi connectivity index (χ0) is 12.3. The molecule has 0 unspecified atom stereocenters. The Bertz CT molecular complexity index is 348. The lowest BCUT2D eigenvalue weighted by molar-refractivity contribution is 0.271. The third-order valence-electron chi connectivity index (χ3n) is 3.38. The van der Waals surface area contributed by atoms with Gasteiger partial charge in [-0.2, -0.15) is 0 Å². The van der Waals surface area contributed by atoms with Crippen LogP contribution in [0.1, 0.15) is 6.92 Å². The first-order valence-corrected chi connectivity index (χ1v) is 6.14. The fourth-order valence-electron chi connectivity index (χ4n) is 2.18. The third-order valence-corrected chi connectivity index (χ3v) is 3.38. The Morgan fingerprint density at radius 2 is 1.65 bits per heavy atom. The van der Waals surface area contributed by atoms with E-state index in [1.165, 1.54) is 0 Å². The number of benzene rings is 1. The molecule has 2 N–H and O–H groups in total. The summed E-state index contributed by atoms with van der Waals surface area (Å²) >= 11 is 0. The Labute approximate surface area is 103 Å². The molecule has 1 aromatic rings. The zero-order valence-corrected chi connectivity index (χ0v) is 10.2. The number of piperazine rings is 1. The van der Waals surface area contributed by atoms with Crippen LogP contribution in [0, 0.1) is 0 Å². The van der Waals surface area contributed by atoms with Crippen LogP contribution in [0.3, 0.4) is 0 Å². The van der Waals surface area contributed by atoms with E-state index in [2.05, 4.69) is 16.7 Å². The predicted molar refractivity (Wildman–Crippen MR) is 70.6 cm³/mol. The summed E-state index contributed by atoms with van der Waals surface area (Å²) in [6.45, 7) is 7.57. The average molecular weight is 234 g/mol. The highest BCUT2D eigenvalue weighted by Gasteiger charge is 2.16. The maximum atomic E-state index is 9.03. The molecule has 0 spiro atoms. The predicted octanol–water partition coefficient (Wildman–Crippen LogP) is -0.492. The van der Waals surface area contributed by atoms with Crippen molar-refractivity contribution in [3.63, 3.8) is 0 Å². The van der Waals surface area contributed by atoms with Crippen LogP contribution in [-0.4, -0.2) is 54.8 Å². The highest BCUT2D eigenvalue weighted by atomic mass is 16.4. The van der Waals surface area contributed by atoms with E-state index >= 15 is 0 Å². The summed E-state index contributed by atoms with van der Waals surface area (Å²) in [5.41, 5.74) is 1.70. The zero-order valence-electron chi connectivity index (χ0n) is 10.2. The van der Waals surface area contributed by atoms with E-state index in [0.29, 0.717) is 5.46 Å². The number of hydrogen-bond acceptors (Lipinski definition) is 4. The van der Waals surface area contributed by atoms with Crippen molar-refractivity contribution in [2.75, 3.05) is 37.6 Å². The molecule has 2 rings (SSSR count). The second kappa shape index (κ2) is 5.53. The number of likely N-dealkylation sites (N-methyl/N-ethyl adjacent to an activating group) is 1. The van der Waals surface area contributed by atoms with Gasteiger partial charge < -0.3 is 19.8 Å². The lowest BCUT2D eigenvalue weighted by Crippen LogP contribution is -2.46. The van der Waals surface area contributed by atoms with Gasteiger partial charge in [-0.25, -0.2) is 0 Å². The highest BCUT2D eigenvalue weighted by molar-refractivity contribution is 6.58. The second-order valence-electron chi connectivity index (χ2n) is 4.39. The molecule has 1 heterocycles. The normalized spacial score (nSPS) is 17.2. The molecule has 92 valence electrons. The Kier molecular flexibility index (Phi) is 4.04. The van der Waals surface area contributed by atoms with Crippen LogP contribution in [0.25, 0.3) is 0 Å². The fraction of sp³-hybridized carbons (Fsp3) is 0.500. The molecule has 0 bridgehead atoms. The van der Waals surface area contributed by atoms with Gasteiger partial charge in [0.15, 0.2) is 0 Å². The minimum Gasteiger partial charge on any atom is -0.423 e. The molecule has 0 aromatic heterocycles. The Morgan fingerprint density at radius 1 is 1.06 bits per heavy atom. The first kappa shape index (κ1) is 12.4. The number of nitrogens with zero attached hydrogens (tertiary/aromatic N) is 2. The van der Waals surface area contributed by atoms with Crippen molar-refractivity contribution in [1.82, 2.24) is 4.90 Å². The van der Waals surface area contributed by atoms with Crippen molar-refractivity contribution in [2.24, 2.45) is 0 Å². The summed E-state index contributed by atoms with van der Waals surface area (Å²) in [4.78, 5) is 4.77. The summed E-state index contributed by atoms with van der Waals surface area (Å²) in [5, 5.41) is 18.1. The minimum absolute atomic E-state index is 0.543. The smallest absolute Gasteiger partial charge is 0.423 e. The first-order chi connectivity index (χ1) is 8.20. The van der Waals surface area contributed by atoms with Crippen molar-refractivity contribution in [3.8, 4) is 0 Å². The molecular formula is C12H19BN2O2. The van der Waals surface area contributed by atoms with Crippen LogP contribution in [0.2, 0.25) is 0 Å². The molecule has 1 aromatic carbocycles. The lowest BCUT2D eigenvalue weighted by Gasteiger charge is -2.35. The van der Waals surface area contributed by atoms with Crippen molar-refractivity contribution in [1.29, 1.82) is 0 Å². The first-order valence-electron chi connectivity index (χ1n) is 6.14. The summed E-state index contributed by atoms with van der Waals surface area (Å²) < 4.78 is 0. The summed E-state index contributed by atoms with van der Waals surface area (Å²) in [6, 6.07) is 7.45.